The predicted octanol–water partition coefficient (Wildman–Crippen LogP) is 1.35. The lowest BCUT2D eigenvalue weighted by molar-refractivity contribution is -0.146. The fraction of sp³-hybridized carbons (Fsp3) is 0.261. The van der Waals surface area contributed by atoms with E-state index >= 15 is 0 Å². The number of nitrogens with one attached hydrogen (secondary N) is 2. The first-order chi connectivity index (χ1) is 19.2. The molecule has 0 saturated carbocycles. The highest BCUT2D eigenvalue weighted by atomic mass is 32.2. The maximum absolute atomic E-state index is 13.1. The van der Waals surface area contributed by atoms with Crippen LogP contribution in [0.2, 0.25) is 0 Å². The number of nitrogens with zero attached hydrogens (tertiary/aromatic N) is 4. The van der Waals surface area contributed by atoms with Gasteiger partial charge >= 0.3 is 5.97 Å². The maximum atomic E-state index is 13.1. The van der Waals surface area contributed by atoms with Crippen LogP contribution in [-0.4, -0.2) is 66.7 Å². The van der Waals surface area contributed by atoms with Gasteiger partial charge in [-0.15, -0.1) is 11.3 Å². The van der Waals surface area contributed by atoms with E-state index in [4.69, 9.17) is 10.2 Å². The summed E-state index contributed by atoms with van der Waals surface area (Å²) in [5.74, 6) is -1.99. The van der Waals surface area contributed by atoms with Gasteiger partial charge in [0.25, 0.3) is 11.5 Å². The second-order valence-corrected chi connectivity index (χ2v) is 11.9. The molecular formula is C23H21N7O7S3. The zero-order chi connectivity index (χ0) is 28.4. The van der Waals surface area contributed by atoms with Gasteiger partial charge in [0.1, 0.15) is 29.8 Å². The van der Waals surface area contributed by atoms with Crippen molar-refractivity contribution in [1.29, 1.82) is 0 Å². The number of β-lactam (4-membered cyclic amide) rings is 1. The number of carbonyl (C=O) groups is 3. The van der Waals surface area contributed by atoms with E-state index in [0.717, 1.165) is 41.1 Å². The molecule has 2 aliphatic heterocycles. The molecule has 1 saturated heterocycles. The predicted molar refractivity (Wildman–Crippen MR) is 146 cm³/mol. The van der Waals surface area contributed by atoms with Crippen molar-refractivity contribution >= 4 is 64.0 Å². The summed E-state index contributed by atoms with van der Waals surface area (Å²) >= 11 is 3.33. The molecule has 2 aliphatic rings. The van der Waals surface area contributed by atoms with Crippen molar-refractivity contribution in [2.75, 3.05) is 12.8 Å². The van der Waals surface area contributed by atoms with Crippen LogP contribution in [0.25, 0.3) is 0 Å². The number of thiazole rings is 1. The van der Waals surface area contributed by atoms with Crippen LogP contribution >= 0.6 is 34.9 Å². The van der Waals surface area contributed by atoms with E-state index in [0.29, 0.717) is 5.76 Å². The number of fused-ring (bicyclic) bond motifs is 1. The first-order valence-electron chi connectivity index (χ1n) is 11.5. The molecule has 2 amide bonds. The van der Waals surface area contributed by atoms with Crippen LogP contribution in [0.3, 0.4) is 0 Å². The van der Waals surface area contributed by atoms with E-state index in [-0.39, 0.29) is 45.9 Å². The van der Waals surface area contributed by atoms with Crippen molar-refractivity contribution in [3.63, 3.8) is 0 Å². The summed E-state index contributed by atoms with van der Waals surface area (Å²) in [4.78, 5) is 66.3. The number of carbonyl (C=O) groups excluding carboxylic acids is 2. The van der Waals surface area contributed by atoms with E-state index in [2.05, 4.69) is 30.3 Å². The van der Waals surface area contributed by atoms with E-state index in [1.165, 1.54) is 30.7 Å². The number of anilines is 1. The molecule has 0 aromatic carbocycles. The van der Waals surface area contributed by atoms with Crippen LogP contribution in [0.15, 0.2) is 66.8 Å². The van der Waals surface area contributed by atoms with Crippen LogP contribution in [-0.2, 0) is 30.5 Å². The Labute approximate surface area is 238 Å². The molecule has 5 rings (SSSR count). The first-order valence-corrected chi connectivity index (χ1v) is 14.2. The van der Waals surface area contributed by atoms with Crippen LogP contribution in [0, 0.1) is 0 Å². The topological polar surface area (TPSA) is 206 Å². The highest BCUT2D eigenvalue weighted by molar-refractivity contribution is 8.01. The summed E-state index contributed by atoms with van der Waals surface area (Å²) in [6.45, 7) is 0. The summed E-state index contributed by atoms with van der Waals surface area (Å²) in [5.41, 5.74) is 5.65. The third kappa shape index (κ3) is 5.22. The number of furan rings is 1. The number of H-pyrrole nitrogens is 1. The van der Waals surface area contributed by atoms with Gasteiger partial charge in [0.2, 0.25) is 5.91 Å². The fourth-order valence-corrected chi connectivity index (χ4v) is 8.11. The SMILES string of the molecule is CON=CC(=O)NC1(c2csc(N)n2)S[C@H]2CC(=O)N2C(C(=O)O)=C1C(Cc1ccco1)Sc1cc(=O)[nH]cn1. The largest absolute Gasteiger partial charge is 0.477 e. The molecule has 1 fully saturated rings. The number of oxime groups is 1. The lowest BCUT2D eigenvalue weighted by Crippen LogP contribution is -2.62. The number of aliphatic carboxylic acids is 1. The maximum Gasteiger partial charge on any atom is 0.352 e. The Bertz CT molecular complexity index is 1570. The molecule has 0 bridgehead atoms. The van der Waals surface area contributed by atoms with Gasteiger partial charge in [-0.1, -0.05) is 28.7 Å². The average molecular weight is 604 g/mol. The lowest BCUT2D eigenvalue weighted by atomic mass is 9.92. The molecule has 17 heteroatoms. The number of thioether (sulfide) groups is 2. The number of aromatic nitrogens is 3. The third-order valence-corrected chi connectivity index (χ3v) is 9.32. The molecule has 14 nitrogen and oxygen atoms in total. The van der Waals surface area contributed by atoms with Crippen LogP contribution in [0.5, 0.6) is 0 Å². The number of nitrogen functional groups attached to an aromatic ring is 1. The fourth-order valence-electron chi connectivity index (χ4n) is 4.40. The Morgan fingerprint density at radius 1 is 1.50 bits per heavy atom. The molecule has 3 aromatic rings. The lowest BCUT2D eigenvalue weighted by Gasteiger charge is -2.52. The van der Waals surface area contributed by atoms with Crippen LogP contribution in [0.4, 0.5) is 5.13 Å². The summed E-state index contributed by atoms with van der Waals surface area (Å²) in [6.07, 6.45) is 3.75. The minimum atomic E-state index is -1.62. The van der Waals surface area contributed by atoms with Crippen molar-refractivity contribution in [1.82, 2.24) is 25.2 Å². The zero-order valence-corrected chi connectivity index (χ0v) is 23.0. The Kier molecular flexibility index (Phi) is 7.68. The van der Waals surface area contributed by atoms with Gasteiger partial charge in [0.05, 0.1) is 30.1 Å². The summed E-state index contributed by atoms with van der Waals surface area (Å²) in [5, 5.41) is 17.6. The molecule has 3 atom stereocenters. The quantitative estimate of drug-likeness (QED) is 0.0852. The number of hydrogen-bond acceptors (Lipinski definition) is 13. The van der Waals surface area contributed by atoms with Gasteiger partial charge in [-0.3, -0.25) is 19.3 Å². The van der Waals surface area contributed by atoms with Gasteiger partial charge < -0.3 is 30.4 Å². The second-order valence-electron chi connectivity index (χ2n) is 8.41. The Balaban J connectivity index is 1.78. The average Bonchev–Trinajstić information content (AvgIpc) is 3.58. The van der Waals surface area contributed by atoms with E-state index < -0.39 is 32.9 Å². The Hall–Kier alpha value is -4.09. The molecule has 0 aliphatic carbocycles. The number of rotatable bonds is 10. The summed E-state index contributed by atoms with van der Waals surface area (Å²) < 4.78 is 5.59. The van der Waals surface area contributed by atoms with E-state index in [9.17, 15) is 24.3 Å². The van der Waals surface area contributed by atoms with E-state index in [1.54, 1.807) is 17.5 Å². The van der Waals surface area contributed by atoms with E-state index in [1.807, 2.05) is 0 Å². The number of hydrogen-bond donors (Lipinski definition) is 4. The molecule has 0 spiro atoms. The molecule has 0 radical (unpaired) electrons. The molecule has 5 heterocycles. The molecule has 208 valence electrons. The number of aromatic amines is 1. The van der Waals surface area contributed by atoms with Crippen molar-refractivity contribution < 1.29 is 28.7 Å². The molecule has 5 N–H and O–H groups in total. The highest BCUT2D eigenvalue weighted by Gasteiger charge is 2.58. The van der Waals surface area contributed by atoms with Gasteiger partial charge in [0, 0.05) is 28.7 Å². The van der Waals surface area contributed by atoms with Crippen molar-refractivity contribution in [2.45, 2.75) is 33.4 Å². The molecular weight excluding hydrogens is 582 g/mol. The van der Waals surface area contributed by atoms with Crippen LogP contribution < -0.4 is 16.6 Å². The molecule has 40 heavy (non-hydrogen) atoms. The molecule has 2 unspecified atom stereocenters. The molecule has 3 aromatic heterocycles. The smallest absolute Gasteiger partial charge is 0.352 e. The normalized spacial score (nSPS) is 21.2. The standard InChI is InChI=1S/C23H21N7O7S3/c1-36-27-8-15(32)29-23(13-9-38-22(24)28-13)19(20(21(34)35)30-17(33)7-18(30)40-23)12(5-11-3-2-4-37-11)39-16-6-14(31)25-10-26-16/h2-4,6,8-10,12,18H,5,7H2,1H3,(H2,24,28)(H,29,32)(H,34,35)(H,25,26,31)/t12?,18-,23?/m0/s1. The Morgan fingerprint density at radius 2 is 2.33 bits per heavy atom. The summed E-state index contributed by atoms with van der Waals surface area (Å²) in [7, 11) is 1.27. The zero-order valence-electron chi connectivity index (χ0n) is 20.6. The van der Waals surface area contributed by atoms with Crippen molar-refractivity contribution in [3.8, 4) is 0 Å². The number of amides is 2. The highest BCUT2D eigenvalue weighted by Crippen LogP contribution is 2.57. The van der Waals surface area contributed by atoms with Gasteiger partial charge in [0.15, 0.2) is 10.0 Å². The second kappa shape index (κ2) is 11.2. The Morgan fingerprint density at radius 3 is 2.95 bits per heavy atom. The van der Waals surface area contributed by atoms with Crippen molar-refractivity contribution in [2.24, 2.45) is 5.16 Å². The van der Waals surface area contributed by atoms with Gasteiger partial charge in [-0.05, 0) is 12.1 Å². The number of nitrogens with two attached hydrogens (primary N) is 1. The number of carboxylic acid groups (broad SMARTS) is 1. The minimum Gasteiger partial charge on any atom is -0.477 e. The van der Waals surface area contributed by atoms with Crippen LogP contribution in [0.1, 0.15) is 17.9 Å². The van der Waals surface area contributed by atoms with Gasteiger partial charge in [-0.25, -0.2) is 14.8 Å². The first kappa shape index (κ1) is 27.5. The summed E-state index contributed by atoms with van der Waals surface area (Å²) in [6, 6.07) is 4.65. The minimum absolute atomic E-state index is 0.0454. The monoisotopic (exact) mass is 603 g/mol. The van der Waals surface area contributed by atoms with Gasteiger partial charge in [-0.2, -0.15) is 0 Å². The third-order valence-electron chi connectivity index (χ3n) is 5.96. The van der Waals surface area contributed by atoms with Crippen molar-refractivity contribution in [3.05, 3.63) is 69.2 Å². The number of carboxylic acids is 1.